The molecule has 0 heterocycles. The standard InChI is InChI=1S/C8H5B3BrFO/c1-4-6(12)2-5(13)3-7(4)14-8(9,10)11/h2-3H,1H3. The van der Waals surface area contributed by atoms with Crippen LogP contribution in [0, 0.1) is 12.7 Å². The molecule has 6 radical (unpaired) electrons. The molecule has 0 spiro atoms. The van der Waals surface area contributed by atoms with E-state index in [0.717, 1.165) is 0 Å². The van der Waals surface area contributed by atoms with Gasteiger partial charge in [0.05, 0.1) is 0 Å². The topological polar surface area (TPSA) is 9.23 Å². The van der Waals surface area contributed by atoms with Gasteiger partial charge in [-0.25, -0.2) is 4.39 Å². The Hall–Kier alpha value is -0.375. The molecule has 0 aliphatic rings. The summed E-state index contributed by atoms with van der Waals surface area (Å²) in [5.74, 6) is -0.244. The summed E-state index contributed by atoms with van der Waals surface area (Å²) in [6.45, 7) is 1.73. The molecule has 1 aromatic rings. The highest BCUT2D eigenvalue weighted by Crippen LogP contribution is 2.28. The smallest absolute Gasteiger partial charge is 0.128 e. The molecule has 0 aliphatic heterocycles. The van der Waals surface area contributed by atoms with Crippen molar-refractivity contribution in [3.8, 4) is 5.75 Å². The predicted molar refractivity (Wildman–Crippen MR) is 59.5 cm³/mol. The SMILES string of the molecule is [B]C([B])([B])Oc1cc(F)cc(Br)c1C. The molecule has 0 fully saturated rings. The molecule has 0 saturated heterocycles. The highest BCUT2D eigenvalue weighted by molar-refractivity contribution is 9.10. The van der Waals surface area contributed by atoms with Crippen LogP contribution >= 0.6 is 15.9 Å². The summed E-state index contributed by atoms with van der Waals surface area (Å²) in [4.78, 5) is 0. The van der Waals surface area contributed by atoms with Gasteiger partial charge >= 0.3 is 0 Å². The third-order valence-corrected chi connectivity index (χ3v) is 2.37. The van der Waals surface area contributed by atoms with E-state index in [9.17, 15) is 4.39 Å². The summed E-state index contributed by atoms with van der Waals surface area (Å²) in [6.07, 6.45) is 0. The van der Waals surface area contributed by atoms with E-state index in [4.69, 9.17) is 28.3 Å². The van der Waals surface area contributed by atoms with Gasteiger partial charge in [0, 0.05) is 16.1 Å². The minimum absolute atomic E-state index is 0.212. The minimum atomic E-state index is -1.81. The Labute approximate surface area is 94.8 Å². The zero-order valence-electron chi connectivity index (χ0n) is 7.55. The second kappa shape index (κ2) is 4.01. The number of hydrogen-bond acceptors (Lipinski definition) is 1. The molecule has 1 aromatic carbocycles. The lowest BCUT2D eigenvalue weighted by molar-refractivity contribution is 0.314. The lowest BCUT2D eigenvalue weighted by Crippen LogP contribution is -2.37. The van der Waals surface area contributed by atoms with Crippen molar-refractivity contribution in [3.05, 3.63) is 28.0 Å². The van der Waals surface area contributed by atoms with Gasteiger partial charge in [-0.1, -0.05) is 15.9 Å². The van der Waals surface area contributed by atoms with Crippen molar-refractivity contribution in [2.24, 2.45) is 0 Å². The lowest BCUT2D eigenvalue weighted by atomic mass is 9.52. The number of benzene rings is 1. The second-order valence-corrected chi connectivity index (χ2v) is 3.82. The molecule has 6 heteroatoms. The Morgan fingerprint density at radius 3 is 2.43 bits per heavy atom. The largest absolute Gasteiger partial charge is 0.515 e. The van der Waals surface area contributed by atoms with Crippen molar-refractivity contribution in [3.63, 3.8) is 0 Å². The fourth-order valence-corrected chi connectivity index (χ4v) is 1.33. The van der Waals surface area contributed by atoms with Crippen LogP contribution in [-0.4, -0.2) is 28.8 Å². The molecule has 0 aromatic heterocycles. The van der Waals surface area contributed by atoms with Crippen molar-refractivity contribution in [2.45, 2.75) is 12.2 Å². The first-order chi connectivity index (χ1) is 6.29. The number of hydrogen-bond donors (Lipinski definition) is 0. The average molecular weight is 248 g/mol. The number of ether oxygens (including phenoxy) is 1. The molecular weight excluding hydrogens is 243 g/mol. The molecule has 14 heavy (non-hydrogen) atoms. The van der Waals surface area contributed by atoms with Crippen LogP contribution in [0.25, 0.3) is 0 Å². The van der Waals surface area contributed by atoms with Gasteiger partial charge < -0.3 is 4.74 Å². The fourth-order valence-electron chi connectivity index (χ4n) is 0.919. The molecule has 0 amide bonds. The van der Waals surface area contributed by atoms with Crippen LogP contribution in [0.5, 0.6) is 5.75 Å². The van der Waals surface area contributed by atoms with Crippen LogP contribution in [0.4, 0.5) is 4.39 Å². The second-order valence-electron chi connectivity index (χ2n) is 2.97. The van der Waals surface area contributed by atoms with E-state index in [0.29, 0.717) is 10.0 Å². The fraction of sp³-hybridized carbons (Fsp3) is 0.250. The maximum absolute atomic E-state index is 13.0. The van der Waals surface area contributed by atoms with Gasteiger partial charge in [-0.2, -0.15) is 0 Å². The summed E-state index contributed by atoms with van der Waals surface area (Å²) >= 11 is 3.16. The minimum Gasteiger partial charge on any atom is -0.515 e. The molecule has 0 unspecified atom stereocenters. The van der Waals surface area contributed by atoms with Gasteiger partial charge in [-0.15, -0.1) is 0 Å². The first-order valence-corrected chi connectivity index (χ1v) is 4.60. The molecule has 0 aliphatic carbocycles. The van der Waals surface area contributed by atoms with E-state index < -0.39 is 11.1 Å². The van der Waals surface area contributed by atoms with Crippen LogP contribution in [-0.2, 0) is 0 Å². The third kappa shape index (κ3) is 3.08. The molecule has 0 N–H and O–H groups in total. The molecule has 66 valence electrons. The van der Waals surface area contributed by atoms with Crippen molar-refractivity contribution < 1.29 is 9.13 Å². The van der Waals surface area contributed by atoms with Crippen molar-refractivity contribution in [1.29, 1.82) is 0 Å². The molecule has 0 atom stereocenters. The van der Waals surface area contributed by atoms with Gasteiger partial charge in [0.25, 0.3) is 0 Å². The average Bonchev–Trinajstić information content (AvgIpc) is 1.96. The highest BCUT2D eigenvalue weighted by Gasteiger charge is 2.14. The maximum atomic E-state index is 13.0. The quantitative estimate of drug-likeness (QED) is 0.719. The van der Waals surface area contributed by atoms with Gasteiger partial charge in [0.15, 0.2) is 0 Å². The van der Waals surface area contributed by atoms with E-state index in [1.807, 2.05) is 0 Å². The van der Waals surface area contributed by atoms with Crippen LogP contribution in [0.3, 0.4) is 0 Å². The van der Waals surface area contributed by atoms with Crippen molar-refractivity contribution in [2.75, 3.05) is 0 Å². The zero-order chi connectivity index (χ0) is 10.9. The summed E-state index contributed by atoms with van der Waals surface area (Å²) < 4.78 is 18.5. The first-order valence-electron chi connectivity index (χ1n) is 3.81. The first kappa shape index (κ1) is 11.7. The Kier molecular flexibility index (Phi) is 3.35. The normalized spacial score (nSPS) is 11.4. The zero-order valence-corrected chi connectivity index (χ0v) is 9.14. The van der Waals surface area contributed by atoms with Gasteiger partial charge in [0.2, 0.25) is 0 Å². The molecule has 0 saturated carbocycles. The Morgan fingerprint density at radius 1 is 1.36 bits per heavy atom. The van der Waals surface area contributed by atoms with Gasteiger partial charge in [-0.05, 0) is 18.3 Å². The van der Waals surface area contributed by atoms with Crippen LogP contribution in [0.1, 0.15) is 5.56 Å². The highest BCUT2D eigenvalue weighted by atomic mass is 79.9. The Balaban J connectivity index is 3.09. The van der Waals surface area contributed by atoms with Crippen LogP contribution in [0.15, 0.2) is 16.6 Å². The van der Waals surface area contributed by atoms with Crippen molar-refractivity contribution in [1.82, 2.24) is 0 Å². The van der Waals surface area contributed by atoms with Crippen molar-refractivity contribution >= 4 is 39.5 Å². The number of halogens is 2. The summed E-state index contributed by atoms with van der Waals surface area (Å²) in [5.41, 5.74) is 0.678. The molecular formula is C8H5B3BrFO. The van der Waals surface area contributed by atoms with E-state index in [-0.39, 0.29) is 5.75 Å². The predicted octanol–water partition coefficient (Wildman–Crippen LogP) is 1.39. The maximum Gasteiger partial charge on any atom is 0.128 e. The van der Waals surface area contributed by atoms with Gasteiger partial charge in [0.1, 0.15) is 35.1 Å². The van der Waals surface area contributed by atoms with Gasteiger partial charge in [-0.3, -0.25) is 0 Å². The Bertz CT molecular complexity index is 351. The summed E-state index contributed by atoms with van der Waals surface area (Å²) in [5, 5.41) is -1.81. The molecule has 1 rings (SSSR count). The van der Waals surface area contributed by atoms with E-state index in [2.05, 4.69) is 15.9 Å². The van der Waals surface area contributed by atoms with E-state index >= 15 is 0 Å². The Morgan fingerprint density at radius 2 is 1.93 bits per heavy atom. The van der Waals surface area contributed by atoms with Crippen LogP contribution < -0.4 is 4.74 Å². The van der Waals surface area contributed by atoms with E-state index in [1.54, 1.807) is 6.92 Å². The monoisotopic (exact) mass is 248 g/mol. The van der Waals surface area contributed by atoms with Crippen LogP contribution in [0.2, 0.25) is 0 Å². The molecule has 0 bridgehead atoms. The number of rotatable bonds is 2. The molecule has 1 nitrogen and oxygen atoms in total. The lowest BCUT2D eigenvalue weighted by Gasteiger charge is -2.24. The third-order valence-electron chi connectivity index (χ3n) is 1.55. The summed E-state index contributed by atoms with van der Waals surface area (Å²) in [6, 6.07) is 2.48. The van der Waals surface area contributed by atoms with E-state index in [1.165, 1.54) is 12.1 Å². The summed E-state index contributed by atoms with van der Waals surface area (Å²) in [7, 11) is 15.7.